The van der Waals surface area contributed by atoms with Crippen LogP contribution >= 0.6 is 35.7 Å². The van der Waals surface area contributed by atoms with E-state index in [2.05, 4.69) is 10.2 Å². The number of aromatic nitrogens is 3. The second kappa shape index (κ2) is 4.59. The molecule has 0 aliphatic carbocycles. The van der Waals surface area contributed by atoms with Gasteiger partial charge in [0.25, 0.3) is 0 Å². The van der Waals surface area contributed by atoms with Crippen LogP contribution in [0.4, 0.5) is 0 Å². The van der Waals surface area contributed by atoms with E-state index in [0.29, 0.717) is 10.0 Å². The molecule has 0 amide bonds. The summed E-state index contributed by atoms with van der Waals surface area (Å²) in [6.45, 7) is 0.718. The molecule has 1 aliphatic heterocycles. The van der Waals surface area contributed by atoms with Crippen molar-refractivity contribution in [2.24, 2.45) is 0 Å². The summed E-state index contributed by atoms with van der Waals surface area (Å²) in [5, 5.41) is 5.65. The standard InChI is InChI=1S/C7H11N3OS3/c11-6-8-9-7(12)10(6)3-5-4-13-1-2-14-5/h5H,1-4H2,(H,8,11)(H,9,12). The minimum atomic E-state index is -0.133. The molecule has 0 radical (unpaired) electrons. The van der Waals surface area contributed by atoms with E-state index in [1.807, 2.05) is 23.5 Å². The molecule has 78 valence electrons. The van der Waals surface area contributed by atoms with E-state index in [1.54, 1.807) is 4.57 Å². The molecular weight excluding hydrogens is 238 g/mol. The molecule has 7 heteroatoms. The van der Waals surface area contributed by atoms with E-state index in [9.17, 15) is 4.79 Å². The highest BCUT2D eigenvalue weighted by atomic mass is 32.2. The fourth-order valence-electron chi connectivity index (χ4n) is 1.35. The second-order valence-electron chi connectivity index (χ2n) is 3.04. The molecule has 2 rings (SSSR count). The smallest absolute Gasteiger partial charge is 0.272 e. The number of hydrogen-bond acceptors (Lipinski definition) is 4. The lowest BCUT2D eigenvalue weighted by Crippen LogP contribution is -2.26. The van der Waals surface area contributed by atoms with Crippen molar-refractivity contribution in [2.45, 2.75) is 11.8 Å². The topological polar surface area (TPSA) is 53.6 Å². The molecule has 14 heavy (non-hydrogen) atoms. The molecule has 1 aromatic heterocycles. The maximum absolute atomic E-state index is 11.3. The first-order valence-corrected chi connectivity index (χ1v) is 6.95. The average molecular weight is 249 g/mol. The molecule has 0 bridgehead atoms. The van der Waals surface area contributed by atoms with Gasteiger partial charge in [0.15, 0.2) is 4.77 Å². The Hall–Kier alpha value is -0.140. The van der Waals surface area contributed by atoms with Crippen molar-refractivity contribution in [1.29, 1.82) is 0 Å². The van der Waals surface area contributed by atoms with Gasteiger partial charge < -0.3 is 0 Å². The summed E-state index contributed by atoms with van der Waals surface area (Å²) in [7, 11) is 0. The quantitative estimate of drug-likeness (QED) is 0.770. The van der Waals surface area contributed by atoms with Gasteiger partial charge in [-0.15, -0.1) is 0 Å². The molecule has 2 heterocycles. The summed E-state index contributed by atoms with van der Waals surface area (Å²) in [4.78, 5) is 11.3. The van der Waals surface area contributed by atoms with Crippen LogP contribution in [-0.2, 0) is 6.54 Å². The largest absolute Gasteiger partial charge is 0.342 e. The summed E-state index contributed by atoms with van der Waals surface area (Å²) in [5.41, 5.74) is -0.133. The first kappa shape index (κ1) is 10.4. The number of nitrogens with one attached hydrogen (secondary N) is 2. The lowest BCUT2D eigenvalue weighted by atomic mass is 10.4. The van der Waals surface area contributed by atoms with Crippen LogP contribution in [0.5, 0.6) is 0 Å². The summed E-state index contributed by atoms with van der Waals surface area (Å²) in [6.07, 6.45) is 0. The van der Waals surface area contributed by atoms with Crippen molar-refractivity contribution in [1.82, 2.24) is 14.8 Å². The molecule has 1 aliphatic rings. The highest BCUT2D eigenvalue weighted by Gasteiger charge is 2.16. The van der Waals surface area contributed by atoms with E-state index < -0.39 is 0 Å². The molecule has 1 fully saturated rings. The normalized spacial score (nSPS) is 22.4. The Morgan fingerprint density at radius 2 is 2.36 bits per heavy atom. The first-order valence-electron chi connectivity index (χ1n) is 4.34. The van der Waals surface area contributed by atoms with Gasteiger partial charge in [-0.2, -0.15) is 23.5 Å². The second-order valence-corrected chi connectivity index (χ2v) is 5.98. The van der Waals surface area contributed by atoms with Gasteiger partial charge in [-0.25, -0.2) is 9.89 Å². The fraction of sp³-hybridized carbons (Fsp3) is 0.714. The van der Waals surface area contributed by atoms with Crippen LogP contribution in [0, 0.1) is 4.77 Å². The van der Waals surface area contributed by atoms with Gasteiger partial charge in [-0.1, -0.05) is 0 Å². The molecule has 1 saturated heterocycles. The summed E-state index contributed by atoms with van der Waals surface area (Å²) < 4.78 is 2.09. The van der Waals surface area contributed by atoms with Gasteiger partial charge in [0, 0.05) is 29.1 Å². The minimum absolute atomic E-state index is 0.133. The van der Waals surface area contributed by atoms with Crippen molar-refractivity contribution in [3.05, 3.63) is 15.3 Å². The summed E-state index contributed by atoms with van der Waals surface area (Å²) in [5.74, 6) is 3.50. The Balaban J connectivity index is 2.09. The van der Waals surface area contributed by atoms with E-state index in [-0.39, 0.29) is 5.69 Å². The van der Waals surface area contributed by atoms with Crippen molar-refractivity contribution in [2.75, 3.05) is 17.3 Å². The number of nitrogens with zero attached hydrogens (tertiary/aromatic N) is 1. The highest BCUT2D eigenvalue weighted by molar-refractivity contribution is 8.06. The van der Waals surface area contributed by atoms with Crippen LogP contribution < -0.4 is 5.69 Å². The third-order valence-corrected chi connectivity index (χ3v) is 5.19. The monoisotopic (exact) mass is 249 g/mol. The third-order valence-electron chi connectivity index (χ3n) is 2.04. The van der Waals surface area contributed by atoms with Crippen molar-refractivity contribution in [3.8, 4) is 0 Å². The predicted molar refractivity (Wildman–Crippen MR) is 63.8 cm³/mol. The Morgan fingerprint density at radius 3 is 2.93 bits per heavy atom. The molecule has 2 N–H and O–H groups in total. The molecule has 1 unspecified atom stereocenters. The summed E-state index contributed by atoms with van der Waals surface area (Å²) >= 11 is 8.87. The molecule has 1 aromatic rings. The van der Waals surface area contributed by atoms with E-state index in [1.165, 1.54) is 11.5 Å². The van der Waals surface area contributed by atoms with Gasteiger partial charge in [0.1, 0.15) is 0 Å². The highest BCUT2D eigenvalue weighted by Crippen LogP contribution is 2.24. The van der Waals surface area contributed by atoms with Crippen LogP contribution in [-0.4, -0.2) is 37.3 Å². The zero-order valence-corrected chi connectivity index (χ0v) is 9.94. The Kier molecular flexibility index (Phi) is 3.40. The third kappa shape index (κ3) is 2.26. The zero-order valence-electron chi connectivity index (χ0n) is 7.49. The van der Waals surface area contributed by atoms with E-state index in [0.717, 1.165) is 12.3 Å². The van der Waals surface area contributed by atoms with Gasteiger partial charge in [0.05, 0.1) is 0 Å². The van der Waals surface area contributed by atoms with Crippen LogP contribution in [0.2, 0.25) is 0 Å². The van der Waals surface area contributed by atoms with Crippen LogP contribution in [0.15, 0.2) is 4.79 Å². The fourth-order valence-corrected chi connectivity index (χ4v) is 4.21. The Morgan fingerprint density at radius 1 is 1.50 bits per heavy atom. The number of H-pyrrole nitrogens is 2. The average Bonchev–Trinajstić information content (AvgIpc) is 2.51. The summed E-state index contributed by atoms with van der Waals surface area (Å²) in [6, 6.07) is 0. The van der Waals surface area contributed by atoms with Gasteiger partial charge in [0.2, 0.25) is 0 Å². The number of aromatic amines is 2. The molecule has 4 nitrogen and oxygen atoms in total. The SMILES string of the molecule is O=c1[nH][nH]c(=S)n1CC1CSCCS1. The number of rotatable bonds is 2. The number of hydrogen-bond donors (Lipinski definition) is 2. The van der Waals surface area contributed by atoms with Crippen LogP contribution in [0.1, 0.15) is 0 Å². The first-order chi connectivity index (χ1) is 6.77. The van der Waals surface area contributed by atoms with Gasteiger partial charge >= 0.3 is 5.69 Å². The van der Waals surface area contributed by atoms with Gasteiger partial charge in [-0.3, -0.25) is 9.67 Å². The molecule has 0 aromatic carbocycles. The van der Waals surface area contributed by atoms with Crippen molar-refractivity contribution in [3.63, 3.8) is 0 Å². The number of thioether (sulfide) groups is 2. The molecule has 0 spiro atoms. The van der Waals surface area contributed by atoms with Crippen LogP contribution in [0.3, 0.4) is 0 Å². The maximum atomic E-state index is 11.3. The molecule has 1 atom stereocenters. The van der Waals surface area contributed by atoms with E-state index in [4.69, 9.17) is 12.2 Å². The lowest BCUT2D eigenvalue weighted by Gasteiger charge is -2.20. The molecule has 0 saturated carbocycles. The van der Waals surface area contributed by atoms with Crippen molar-refractivity contribution < 1.29 is 0 Å². The van der Waals surface area contributed by atoms with Gasteiger partial charge in [-0.05, 0) is 12.2 Å². The Labute approximate surface area is 94.8 Å². The Bertz CT molecular complexity index is 373. The minimum Gasteiger partial charge on any atom is -0.272 e. The zero-order chi connectivity index (χ0) is 9.97. The lowest BCUT2D eigenvalue weighted by molar-refractivity contribution is 0.662. The molecular formula is C7H11N3OS3. The van der Waals surface area contributed by atoms with Crippen LogP contribution in [0.25, 0.3) is 0 Å². The maximum Gasteiger partial charge on any atom is 0.342 e. The van der Waals surface area contributed by atoms with E-state index >= 15 is 0 Å². The predicted octanol–water partition coefficient (Wildman–Crippen LogP) is 1.08. The van der Waals surface area contributed by atoms with Crippen molar-refractivity contribution >= 4 is 35.7 Å².